The van der Waals surface area contributed by atoms with Crippen LogP contribution >= 0.6 is 34.8 Å². The molecule has 198 valence electrons. The molecule has 1 aliphatic carbocycles. The molecule has 0 bridgehead atoms. The minimum atomic E-state index is -1.12. The van der Waals surface area contributed by atoms with Crippen LogP contribution in [0.5, 0.6) is 0 Å². The number of anilines is 1. The van der Waals surface area contributed by atoms with Crippen molar-refractivity contribution in [2.24, 2.45) is 5.41 Å². The number of hydrogen-bond acceptors (Lipinski definition) is 3. The lowest BCUT2D eigenvalue weighted by Crippen LogP contribution is -2.49. The fourth-order valence-corrected chi connectivity index (χ4v) is 5.69. The van der Waals surface area contributed by atoms with Gasteiger partial charge in [-0.25, -0.2) is 4.79 Å². The molecule has 1 aliphatic rings. The highest BCUT2D eigenvalue weighted by atomic mass is 35.5. The smallest absolute Gasteiger partial charge is 0.326 e. The molecular weight excluding hydrogens is 547 g/mol. The van der Waals surface area contributed by atoms with Crippen LogP contribution in [0.4, 0.5) is 5.69 Å². The zero-order chi connectivity index (χ0) is 27.3. The lowest BCUT2D eigenvalue weighted by Gasteiger charge is -2.30. The molecule has 0 aromatic heterocycles. The third-order valence-electron chi connectivity index (χ3n) is 6.97. The highest BCUT2D eigenvalue weighted by Gasteiger charge is 2.42. The number of aliphatic carboxylic acids is 1. The Labute approximate surface area is 236 Å². The first-order chi connectivity index (χ1) is 18.2. The quantitative estimate of drug-likeness (QED) is 0.262. The maximum atomic E-state index is 13.5. The fraction of sp³-hybridized carbons (Fsp3) is 0.276. The van der Waals surface area contributed by atoms with E-state index in [0.717, 1.165) is 18.4 Å². The van der Waals surface area contributed by atoms with Gasteiger partial charge in [-0.3, -0.25) is 9.59 Å². The molecule has 9 heteroatoms. The molecule has 0 unspecified atom stereocenters. The molecule has 0 saturated heterocycles. The van der Waals surface area contributed by atoms with Crippen LogP contribution in [0.15, 0.2) is 66.7 Å². The first-order valence-corrected chi connectivity index (χ1v) is 13.4. The van der Waals surface area contributed by atoms with Gasteiger partial charge >= 0.3 is 5.97 Å². The molecule has 1 saturated carbocycles. The Bertz CT molecular complexity index is 1320. The van der Waals surface area contributed by atoms with Crippen LogP contribution in [0.2, 0.25) is 15.1 Å². The summed E-state index contributed by atoms with van der Waals surface area (Å²) in [6.45, 7) is 0. The predicted octanol–water partition coefficient (Wildman–Crippen LogP) is 6.81. The molecule has 3 N–H and O–H groups in total. The van der Waals surface area contributed by atoms with Crippen LogP contribution in [0.1, 0.15) is 47.2 Å². The number of halogens is 3. The minimum Gasteiger partial charge on any atom is -0.480 e. The van der Waals surface area contributed by atoms with Crippen LogP contribution in [-0.2, 0) is 22.4 Å². The second-order valence-corrected chi connectivity index (χ2v) is 10.8. The summed E-state index contributed by atoms with van der Waals surface area (Å²) >= 11 is 18.6. The lowest BCUT2D eigenvalue weighted by molar-refractivity contribution is -0.143. The van der Waals surface area contributed by atoms with Gasteiger partial charge in [-0.2, -0.15) is 0 Å². The first kappa shape index (κ1) is 28.0. The third-order valence-corrected chi connectivity index (χ3v) is 7.97. The summed E-state index contributed by atoms with van der Waals surface area (Å²) in [4.78, 5) is 38.2. The predicted molar refractivity (Wildman–Crippen MR) is 150 cm³/mol. The number of carbonyl (C=O) groups excluding carboxylic acids is 2. The summed E-state index contributed by atoms with van der Waals surface area (Å²) in [7, 11) is 0. The van der Waals surface area contributed by atoms with Crippen molar-refractivity contribution in [3.63, 3.8) is 0 Å². The third kappa shape index (κ3) is 6.49. The van der Waals surface area contributed by atoms with Crippen LogP contribution in [-0.4, -0.2) is 28.9 Å². The number of amides is 2. The van der Waals surface area contributed by atoms with E-state index in [1.807, 2.05) is 18.2 Å². The number of benzene rings is 3. The van der Waals surface area contributed by atoms with Gasteiger partial charge in [0, 0.05) is 17.1 Å². The average molecular weight is 574 g/mol. The van der Waals surface area contributed by atoms with Gasteiger partial charge in [0.15, 0.2) is 0 Å². The molecule has 6 nitrogen and oxygen atoms in total. The van der Waals surface area contributed by atoms with Crippen LogP contribution in [0.3, 0.4) is 0 Å². The van der Waals surface area contributed by atoms with Crippen molar-refractivity contribution in [2.45, 2.75) is 44.6 Å². The number of rotatable bonds is 9. The average Bonchev–Trinajstić information content (AvgIpc) is 3.36. The molecule has 4 rings (SSSR count). The Morgan fingerprint density at radius 1 is 0.842 bits per heavy atom. The van der Waals surface area contributed by atoms with Crippen molar-refractivity contribution in [1.82, 2.24) is 5.32 Å². The van der Waals surface area contributed by atoms with Gasteiger partial charge in [0.2, 0.25) is 5.91 Å². The van der Waals surface area contributed by atoms with E-state index >= 15 is 0 Å². The minimum absolute atomic E-state index is 0.0911. The van der Waals surface area contributed by atoms with Gasteiger partial charge in [0.05, 0.1) is 21.0 Å². The maximum Gasteiger partial charge on any atom is 0.326 e. The molecule has 0 heterocycles. The van der Waals surface area contributed by atoms with E-state index in [1.54, 1.807) is 48.5 Å². The molecule has 0 aliphatic heterocycles. The molecule has 1 atom stereocenters. The number of carbonyl (C=O) groups is 3. The zero-order valence-corrected chi connectivity index (χ0v) is 22.7. The Morgan fingerprint density at radius 3 is 2.05 bits per heavy atom. The van der Waals surface area contributed by atoms with E-state index < -0.39 is 23.3 Å². The second-order valence-electron chi connectivity index (χ2n) is 9.57. The van der Waals surface area contributed by atoms with Crippen molar-refractivity contribution in [1.29, 1.82) is 0 Å². The van der Waals surface area contributed by atoms with E-state index in [0.29, 0.717) is 35.5 Å². The standard InChI is InChI=1S/C29H27Cl3N2O4/c30-21-7-2-1-6-19(21)17-29(14-3-4-15-29)28(38)34-24(27(36)37)16-18-10-12-20(13-11-18)33-26(35)25-22(31)8-5-9-23(25)32/h1-2,5-13,24H,3-4,14-17H2,(H,33,35)(H,34,38)(H,36,37)/t24-/m0/s1. The SMILES string of the molecule is O=C(Nc1ccc(C[C@H](NC(=O)C2(Cc3ccccc3Cl)CCCC2)C(=O)O)cc1)c1c(Cl)cccc1Cl. The highest BCUT2D eigenvalue weighted by molar-refractivity contribution is 6.40. The Kier molecular flexibility index (Phi) is 8.98. The molecule has 0 radical (unpaired) electrons. The molecule has 3 aromatic rings. The summed E-state index contributed by atoms with van der Waals surface area (Å²) in [5.74, 6) is -1.83. The van der Waals surface area contributed by atoms with Crippen LogP contribution in [0, 0.1) is 5.41 Å². The van der Waals surface area contributed by atoms with Crippen LogP contribution < -0.4 is 10.6 Å². The van der Waals surface area contributed by atoms with Crippen molar-refractivity contribution in [2.75, 3.05) is 5.32 Å². The van der Waals surface area contributed by atoms with Gasteiger partial charge in [0.25, 0.3) is 5.91 Å². The van der Waals surface area contributed by atoms with Crippen LogP contribution in [0.25, 0.3) is 0 Å². The van der Waals surface area contributed by atoms with E-state index in [-0.39, 0.29) is 27.9 Å². The number of hydrogen-bond donors (Lipinski definition) is 3. The zero-order valence-electron chi connectivity index (χ0n) is 20.5. The summed E-state index contributed by atoms with van der Waals surface area (Å²) < 4.78 is 0. The molecule has 3 aromatic carbocycles. The van der Waals surface area contributed by atoms with Crippen molar-refractivity contribution >= 4 is 58.3 Å². The van der Waals surface area contributed by atoms with Gasteiger partial charge in [-0.05, 0) is 60.7 Å². The second kappa shape index (κ2) is 12.2. The largest absolute Gasteiger partial charge is 0.480 e. The molecule has 2 amide bonds. The Hall–Kier alpha value is -3.06. The maximum absolute atomic E-state index is 13.5. The number of carboxylic acid groups (broad SMARTS) is 1. The molecule has 38 heavy (non-hydrogen) atoms. The first-order valence-electron chi connectivity index (χ1n) is 12.3. The summed E-state index contributed by atoms with van der Waals surface area (Å²) in [6.07, 6.45) is 3.73. The summed E-state index contributed by atoms with van der Waals surface area (Å²) in [5, 5.41) is 16.5. The molecular formula is C29H27Cl3N2O4. The van der Waals surface area contributed by atoms with Gasteiger partial charge < -0.3 is 15.7 Å². The van der Waals surface area contributed by atoms with Gasteiger partial charge in [-0.1, -0.05) is 84.0 Å². The van der Waals surface area contributed by atoms with E-state index in [2.05, 4.69) is 10.6 Å². The monoisotopic (exact) mass is 572 g/mol. The van der Waals surface area contributed by atoms with Crippen molar-refractivity contribution < 1.29 is 19.5 Å². The van der Waals surface area contributed by atoms with Gasteiger partial charge in [0.1, 0.15) is 6.04 Å². The normalized spacial score (nSPS) is 15.0. The topological polar surface area (TPSA) is 95.5 Å². The molecule has 1 fully saturated rings. The van der Waals surface area contributed by atoms with Crippen molar-refractivity contribution in [3.05, 3.63) is 98.5 Å². The van der Waals surface area contributed by atoms with E-state index in [9.17, 15) is 19.5 Å². The molecule has 0 spiro atoms. The Morgan fingerprint density at radius 2 is 1.45 bits per heavy atom. The Balaban J connectivity index is 1.43. The lowest BCUT2D eigenvalue weighted by atomic mass is 9.78. The van der Waals surface area contributed by atoms with Gasteiger partial charge in [-0.15, -0.1) is 0 Å². The number of carboxylic acids is 1. The fourth-order valence-electron chi connectivity index (χ4n) is 4.92. The summed E-state index contributed by atoms with van der Waals surface area (Å²) in [5.41, 5.74) is 1.56. The summed E-state index contributed by atoms with van der Waals surface area (Å²) in [6, 6.07) is 17.9. The van der Waals surface area contributed by atoms with Crippen molar-refractivity contribution in [3.8, 4) is 0 Å². The highest BCUT2D eigenvalue weighted by Crippen LogP contribution is 2.42. The van der Waals surface area contributed by atoms with E-state index in [4.69, 9.17) is 34.8 Å². The van der Waals surface area contributed by atoms with E-state index in [1.165, 1.54) is 0 Å². The number of nitrogens with one attached hydrogen (secondary N) is 2.